The Morgan fingerprint density at radius 3 is 3.05 bits per heavy atom. The first-order valence-electron chi connectivity index (χ1n) is 7.27. The lowest BCUT2D eigenvalue weighted by atomic mass is 10.1. The molecule has 20 heavy (non-hydrogen) atoms. The summed E-state index contributed by atoms with van der Waals surface area (Å²) in [6.45, 7) is 5.87. The Balaban J connectivity index is 1.81. The zero-order valence-corrected chi connectivity index (χ0v) is 12.2. The Kier molecular flexibility index (Phi) is 5.41. The summed E-state index contributed by atoms with van der Waals surface area (Å²) in [6, 6.07) is 7.97. The number of ether oxygens (including phenoxy) is 2. The van der Waals surface area contributed by atoms with Crippen molar-refractivity contribution in [2.45, 2.75) is 32.8 Å². The Morgan fingerprint density at radius 2 is 2.40 bits per heavy atom. The monoisotopic (exact) mass is 277 g/mol. The molecule has 1 amide bonds. The second-order valence-corrected chi connectivity index (χ2v) is 5.27. The molecule has 110 valence electrons. The third-order valence-electron chi connectivity index (χ3n) is 3.55. The van der Waals surface area contributed by atoms with Crippen molar-refractivity contribution in [1.82, 2.24) is 5.32 Å². The van der Waals surface area contributed by atoms with Crippen LogP contribution < -0.4 is 10.1 Å². The molecule has 0 unspecified atom stereocenters. The summed E-state index contributed by atoms with van der Waals surface area (Å²) in [5.41, 5.74) is 1.17. The Labute approximate surface area is 120 Å². The topological polar surface area (TPSA) is 47.6 Å². The molecule has 0 aromatic heterocycles. The number of hydrogen-bond acceptors (Lipinski definition) is 3. The van der Waals surface area contributed by atoms with Crippen molar-refractivity contribution in [1.29, 1.82) is 0 Å². The van der Waals surface area contributed by atoms with E-state index in [0.29, 0.717) is 19.8 Å². The van der Waals surface area contributed by atoms with Gasteiger partial charge in [0.25, 0.3) is 0 Å². The molecule has 0 bridgehead atoms. The quantitative estimate of drug-likeness (QED) is 0.868. The lowest BCUT2D eigenvalue weighted by Gasteiger charge is -2.19. The van der Waals surface area contributed by atoms with Crippen LogP contribution in [0.2, 0.25) is 0 Å². The summed E-state index contributed by atoms with van der Waals surface area (Å²) in [6.07, 6.45) is 1.68. The zero-order valence-electron chi connectivity index (χ0n) is 12.2. The van der Waals surface area contributed by atoms with Crippen LogP contribution >= 0.6 is 0 Å². The molecular weight excluding hydrogens is 254 g/mol. The second-order valence-electron chi connectivity index (χ2n) is 5.27. The number of carbonyl (C=O) groups is 1. The van der Waals surface area contributed by atoms with Crippen molar-refractivity contribution in [3.05, 3.63) is 29.8 Å². The fourth-order valence-corrected chi connectivity index (χ4v) is 2.25. The standard InChI is InChI=1S/C16H23NO3/c1-3-14(20-15-6-4-5-12(2)9-15)10-17-16(18)13-7-8-19-11-13/h4-6,9,13-14H,3,7-8,10-11H2,1-2H3,(H,17,18)/t13-,14-/m0/s1. The van der Waals surface area contributed by atoms with Gasteiger partial charge in [0.05, 0.1) is 19.1 Å². The molecule has 4 heteroatoms. The fourth-order valence-electron chi connectivity index (χ4n) is 2.25. The highest BCUT2D eigenvalue weighted by atomic mass is 16.5. The molecule has 1 aromatic rings. The van der Waals surface area contributed by atoms with Gasteiger partial charge in [0.2, 0.25) is 5.91 Å². The van der Waals surface area contributed by atoms with E-state index in [1.807, 2.05) is 31.2 Å². The first-order chi connectivity index (χ1) is 9.69. The highest BCUT2D eigenvalue weighted by Crippen LogP contribution is 2.16. The van der Waals surface area contributed by atoms with E-state index in [-0.39, 0.29) is 17.9 Å². The van der Waals surface area contributed by atoms with Crippen LogP contribution in [0.5, 0.6) is 5.75 Å². The van der Waals surface area contributed by atoms with Gasteiger partial charge in [0.1, 0.15) is 11.9 Å². The van der Waals surface area contributed by atoms with E-state index in [2.05, 4.69) is 12.2 Å². The molecule has 0 saturated carbocycles. The minimum atomic E-state index is 0.00284. The second kappa shape index (κ2) is 7.29. The number of rotatable bonds is 6. The van der Waals surface area contributed by atoms with E-state index in [9.17, 15) is 4.79 Å². The number of carbonyl (C=O) groups excluding carboxylic acids is 1. The van der Waals surface area contributed by atoms with Crippen molar-refractivity contribution in [2.24, 2.45) is 5.92 Å². The lowest BCUT2D eigenvalue weighted by molar-refractivity contribution is -0.125. The highest BCUT2D eigenvalue weighted by Gasteiger charge is 2.23. The van der Waals surface area contributed by atoms with Gasteiger partial charge in [-0.25, -0.2) is 0 Å². The molecule has 1 N–H and O–H groups in total. The minimum absolute atomic E-state index is 0.00284. The van der Waals surface area contributed by atoms with Crippen LogP contribution in [0.4, 0.5) is 0 Å². The number of benzene rings is 1. The van der Waals surface area contributed by atoms with Crippen LogP contribution in [-0.4, -0.2) is 31.8 Å². The third-order valence-corrected chi connectivity index (χ3v) is 3.55. The van der Waals surface area contributed by atoms with E-state index in [1.165, 1.54) is 5.56 Å². The number of aryl methyl sites for hydroxylation is 1. The number of hydrogen-bond donors (Lipinski definition) is 1. The van der Waals surface area contributed by atoms with Gasteiger partial charge in [-0.3, -0.25) is 4.79 Å². The molecule has 4 nitrogen and oxygen atoms in total. The molecule has 0 radical (unpaired) electrons. The average molecular weight is 277 g/mol. The van der Waals surface area contributed by atoms with Crippen LogP contribution in [0.15, 0.2) is 24.3 Å². The van der Waals surface area contributed by atoms with E-state index in [4.69, 9.17) is 9.47 Å². The van der Waals surface area contributed by atoms with Crippen molar-refractivity contribution < 1.29 is 14.3 Å². The van der Waals surface area contributed by atoms with Gasteiger partial charge in [-0.2, -0.15) is 0 Å². The summed E-state index contributed by atoms with van der Waals surface area (Å²) in [4.78, 5) is 11.9. The molecule has 1 aliphatic heterocycles. The largest absolute Gasteiger partial charge is 0.489 e. The van der Waals surface area contributed by atoms with Crippen molar-refractivity contribution in [2.75, 3.05) is 19.8 Å². The molecule has 1 fully saturated rings. The zero-order chi connectivity index (χ0) is 14.4. The first-order valence-corrected chi connectivity index (χ1v) is 7.27. The molecule has 1 aromatic carbocycles. The lowest BCUT2D eigenvalue weighted by Crippen LogP contribution is -2.38. The third kappa shape index (κ3) is 4.23. The summed E-state index contributed by atoms with van der Waals surface area (Å²) >= 11 is 0. The van der Waals surface area contributed by atoms with E-state index >= 15 is 0 Å². The summed E-state index contributed by atoms with van der Waals surface area (Å²) in [5.74, 6) is 0.940. The number of amides is 1. The molecule has 1 heterocycles. The predicted molar refractivity (Wildman–Crippen MR) is 77.8 cm³/mol. The summed E-state index contributed by atoms with van der Waals surface area (Å²) in [5, 5.41) is 2.97. The van der Waals surface area contributed by atoms with Gasteiger partial charge in [0.15, 0.2) is 0 Å². The molecule has 1 saturated heterocycles. The Morgan fingerprint density at radius 1 is 1.55 bits per heavy atom. The molecule has 0 spiro atoms. The van der Waals surface area contributed by atoms with Gasteiger partial charge < -0.3 is 14.8 Å². The first kappa shape index (κ1) is 14.9. The smallest absolute Gasteiger partial charge is 0.225 e. The summed E-state index contributed by atoms with van der Waals surface area (Å²) < 4.78 is 11.1. The minimum Gasteiger partial charge on any atom is -0.489 e. The van der Waals surface area contributed by atoms with Gasteiger partial charge in [0, 0.05) is 6.61 Å². The van der Waals surface area contributed by atoms with Gasteiger partial charge in [-0.15, -0.1) is 0 Å². The van der Waals surface area contributed by atoms with Gasteiger partial charge in [-0.1, -0.05) is 19.1 Å². The van der Waals surface area contributed by atoms with Crippen LogP contribution in [0.25, 0.3) is 0 Å². The summed E-state index contributed by atoms with van der Waals surface area (Å²) in [7, 11) is 0. The van der Waals surface area contributed by atoms with Crippen LogP contribution in [0.1, 0.15) is 25.3 Å². The molecule has 0 aliphatic carbocycles. The number of nitrogens with one attached hydrogen (secondary N) is 1. The van der Waals surface area contributed by atoms with Crippen molar-refractivity contribution >= 4 is 5.91 Å². The van der Waals surface area contributed by atoms with E-state index < -0.39 is 0 Å². The Bertz CT molecular complexity index is 441. The molecule has 1 aliphatic rings. The average Bonchev–Trinajstić information content (AvgIpc) is 2.97. The van der Waals surface area contributed by atoms with Crippen LogP contribution in [0, 0.1) is 12.8 Å². The normalized spacial score (nSPS) is 19.6. The Hall–Kier alpha value is -1.55. The molecular formula is C16H23NO3. The van der Waals surface area contributed by atoms with Crippen LogP contribution in [-0.2, 0) is 9.53 Å². The van der Waals surface area contributed by atoms with Gasteiger partial charge >= 0.3 is 0 Å². The predicted octanol–water partition coefficient (Wildman–Crippen LogP) is 2.31. The van der Waals surface area contributed by atoms with Crippen LogP contribution in [0.3, 0.4) is 0 Å². The van der Waals surface area contributed by atoms with E-state index in [0.717, 1.165) is 18.6 Å². The maximum Gasteiger partial charge on any atom is 0.225 e. The molecule has 2 rings (SSSR count). The maximum atomic E-state index is 11.9. The van der Waals surface area contributed by atoms with Gasteiger partial charge in [-0.05, 0) is 37.5 Å². The highest BCUT2D eigenvalue weighted by molar-refractivity contribution is 5.79. The van der Waals surface area contributed by atoms with Crippen molar-refractivity contribution in [3.8, 4) is 5.75 Å². The fraction of sp³-hybridized carbons (Fsp3) is 0.562. The SMILES string of the molecule is CC[C@@H](CNC(=O)[C@H]1CCOC1)Oc1cccc(C)c1. The van der Waals surface area contributed by atoms with E-state index in [1.54, 1.807) is 0 Å². The molecule has 2 atom stereocenters. The van der Waals surface area contributed by atoms with Crippen molar-refractivity contribution in [3.63, 3.8) is 0 Å². The maximum absolute atomic E-state index is 11.9.